The third kappa shape index (κ3) is 4.49. The van der Waals surface area contributed by atoms with Crippen LogP contribution in [0.15, 0.2) is 41.3 Å². The topological polar surface area (TPSA) is 73.8 Å². The lowest BCUT2D eigenvalue weighted by atomic mass is 10.1. The molecule has 33 heavy (non-hydrogen) atoms. The van der Waals surface area contributed by atoms with Crippen LogP contribution in [0.2, 0.25) is 0 Å². The van der Waals surface area contributed by atoms with E-state index in [4.69, 9.17) is 4.98 Å². The van der Waals surface area contributed by atoms with Crippen molar-refractivity contribution >= 4 is 42.6 Å². The van der Waals surface area contributed by atoms with Crippen molar-refractivity contribution in [3.63, 3.8) is 0 Å². The fraction of sp³-hybridized carbons (Fsp3) is 0.417. The molecule has 1 aliphatic rings. The van der Waals surface area contributed by atoms with E-state index in [1.165, 1.54) is 32.3 Å². The van der Waals surface area contributed by atoms with Gasteiger partial charge in [-0.05, 0) is 55.3 Å². The molecule has 0 radical (unpaired) electrons. The van der Waals surface area contributed by atoms with Gasteiger partial charge in [-0.2, -0.15) is 4.31 Å². The van der Waals surface area contributed by atoms with Gasteiger partial charge in [-0.25, -0.2) is 13.4 Å². The first-order valence-corrected chi connectivity index (χ1v) is 13.5. The summed E-state index contributed by atoms with van der Waals surface area (Å²) in [6.45, 7) is 11.3. The average Bonchev–Trinajstić information content (AvgIpc) is 3.27. The largest absolute Gasteiger partial charge is 0.345 e. The number of thiazole rings is 1. The normalized spacial score (nSPS) is 14.9. The van der Waals surface area contributed by atoms with Crippen LogP contribution in [0.3, 0.4) is 0 Å². The summed E-state index contributed by atoms with van der Waals surface area (Å²) in [5.41, 5.74) is 4.03. The standard InChI is InChI=1S/C24H30N4O3S2/c1-5-28(6-2)33(30,31)20-10-8-19(9-11-20)23(29)26-13-15-27(16-14-26)24-25-22-18(4)17(3)7-12-21(22)32-24/h7-12H,5-6,13-16H2,1-4H3. The number of piperazine rings is 1. The molecule has 0 saturated carbocycles. The molecule has 0 N–H and O–H groups in total. The lowest BCUT2D eigenvalue weighted by molar-refractivity contribution is 0.0746. The maximum Gasteiger partial charge on any atom is 0.253 e. The first kappa shape index (κ1) is 23.7. The first-order valence-electron chi connectivity index (χ1n) is 11.3. The van der Waals surface area contributed by atoms with Gasteiger partial charge in [0.15, 0.2) is 5.13 Å². The molecule has 0 bridgehead atoms. The molecule has 0 spiro atoms. The summed E-state index contributed by atoms with van der Waals surface area (Å²) in [6.07, 6.45) is 0. The Hall–Kier alpha value is -2.49. The molecule has 1 saturated heterocycles. The Kier molecular flexibility index (Phi) is 6.74. The van der Waals surface area contributed by atoms with E-state index in [9.17, 15) is 13.2 Å². The fourth-order valence-corrected chi connectivity index (χ4v) is 6.65. The van der Waals surface area contributed by atoms with E-state index in [-0.39, 0.29) is 10.8 Å². The summed E-state index contributed by atoms with van der Waals surface area (Å²) >= 11 is 1.69. The van der Waals surface area contributed by atoms with Crippen molar-refractivity contribution in [1.29, 1.82) is 0 Å². The number of aryl methyl sites for hydroxylation is 2. The molecule has 1 amide bonds. The smallest absolute Gasteiger partial charge is 0.253 e. The van der Waals surface area contributed by atoms with Crippen LogP contribution >= 0.6 is 11.3 Å². The SMILES string of the molecule is CCN(CC)S(=O)(=O)c1ccc(C(=O)N2CCN(c3nc4c(C)c(C)ccc4s3)CC2)cc1. The molecule has 1 fully saturated rings. The Morgan fingerprint density at radius 3 is 2.24 bits per heavy atom. The summed E-state index contributed by atoms with van der Waals surface area (Å²) in [5.74, 6) is -0.0720. The van der Waals surface area contributed by atoms with Gasteiger partial charge in [0.25, 0.3) is 5.91 Å². The molecular formula is C24H30N4O3S2. The molecule has 2 aromatic carbocycles. The number of hydrogen-bond donors (Lipinski definition) is 0. The number of fused-ring (bicyclic) bond motifs is 1. The van der Waals surface area contributed by atoms with E-state index < -0.39 is 10.0 Å². The molecule has 3 aromatic rings. The van der Waals surface area contributed by atoms with Gasteiger partial charge >= 0.3 is 0 Å². The monoisotopic (exact) mass is 486 g/mol. The minimum Gasteiger partial charge on any atom is -0.345 e. The van der Waals surface area contributed by atoms with E-state index in [2.05, 4.69) is 30.9 Å². The van der Waals surface area contributed by atoms with Crippen molar-refractivity contribution in [2.75, 3.05) is 44.2 Å². The molecule has 0 unspecified atom stereocenters. The Morgan fingerprint density at radius 1 is 1.00 bits per heavy atom. The Bertz CT molecular complexity index is 1260. The van der Waals surface area contributed by atoms with Crippen LogP contribution in [0.25, 0.3) is 10.2 Å². The molecule has 1 aromatic heterocycles. The molecule has 1 aliphatic heterocycles. The van der Waals surface area contributed by atoms with E-state index in [0.29, 0.717) is 31.7 Å². The van der Waals surface area contributed by atoms with Gasteiger partial charge in [0, 0.05) is 44.8 Å². The summed E-state index contributed by atoms with van der Waals surface area (Å²) in [6, 6.07) is 10.6. The predicted octanol–water partition coefficient (Wildman–Crippen LogP) is 3.91. The van der Waals surface area contributed by atoms with Crippen molar-refractivity contribution in [1.82, 2.24) is 14.2 Å². The highest BCUT2D eigenvalue weighted by Crippen LogP contribution is 2.32. The number of amides is 1. The molecule has 176 valence electrons. The van der Waals surface area contributed by atoms with Crippen LogP contribution in [0.5, 0.6) is 0 Å². The van der Waals surface area contributed by atoms with Gasteiger partial charge in [-0.15, -0.1) is 0 Å². The van der Waals surface area contributed by atoms with Crippen molar-refractivity contribution in [3.05, 3.63) is 53.1 Å². The number of sulfonamides is 1. The molecule has 0 aliphatic carbocycles. The predicted molar refractivity (Wildman–Crippen MR) is 134 cm³/mol. The van der Waals surface area contributed by atoms with Gasteiger partial charge in [0.2, 0.25) is 10.0 Å². The number of carbonyl (C=O) groups excluding carboxylic acids is 1. The van der Waals surface area contributed by atoms with Crippen LogP contribution in [0.1, 0.15) is 35.3 Å². The summed E-state index contributed by atoms with van der Waals surface area (Å²) in [5, 5.41) is 0.997. The van der Waals surface area contributed by atoms with Gasteiger partial charge in [0.05, 0.1) is 15.1 Å². The number of nitrogens with zero attached hydrogens (tertiary/aromatic N) is 4. The van der Waals surface area contributed by atoms with Crippen LogP contribution in [-0.2, 0) is 10.0 Å². The number of carbonyl (C=O) groups is 1. The van der Waals surface area contributed by atoms with Crippen molar-refractivity contribution in [2.45, 2.75) is 32.6 Å². The van der Waals surface area contributed by atoms with Crippen LogP contribution in [-0.4, -0.2) is 67.8 Å². The van der Waals surface area contributed by atoms with Crippen molar-refractivity contribution < 1.29 is 13.2 Å². The Morgan fingerprint density at radius 2 is 1.64 bits per heavy atom. The van der Waals surface area contributed by atoms with Crippen LogP contribution in [0, 0.1) is 13.8 Å². The second-order valence-electron chi connectivity index (χ2n) is 8.24. The van der Waals surface area contributed by atoms with Gasteiger partial charge in [-0.1, -0.05) is 31.3 Å². The third-order valence-corrected chi connectivity index (χ3v) is 9.50. The van der Waals surface area contributed by atoms with Crippen molar-refractivity contribution in [2.24, 2.45) is 0 Å². The lowest BCUT2D eigenvalue weighted by Gasteiger charge is -2.34. The van der Waals surface area contributed by atoms with Crippen LogP contribution in [0.4, 0.5) is 5.13 Å². The van der Waals surface area contributed by atoms with E-state index in [1.54, 1.807) is 23.5 Å². The molecule has 0 atom stereocenters. The highest BCUT2D eigenvalue weighted by Gasteiger charge is 2.26. The number of benzene rings is 2. The summed E-state index contributed by atoms with van der Waals surface area (Å²) in [7, 11) is -3.53. The lowest BCUT2D eigenvalue weighted by Crippen LogP contribution is -2.48. The second-order valence-corrected chi connectivity index (χ2v) is 11.2. The van der Waals surface area contributed by atoms with E-state index >= 15 is 0 Å². The zero-order chi connectivity index (χ0) is 23.8. The highest BCUT2D eigenvalue weighted by atomic mass is 32.2. The molecular weight excluding hydrogens is 456 g/mol. The Balaban J connectivity index is 1.43. The number of rotatable bonds is 6. The third-order valence-electron chi connectivity index (χ3n) is 6.36. The molecule has 2 heterocycles. The zero-order valence-corrected chi connectivity index (χ0v) is 21.2. The zero-order valence-electron chi connectivity index (χ0n) is 19.5. The van der Waals surface area contributed by atoms with Gasteiger partial charge < -0.3 is 9.80 Å². The van der Waals surface area contributed by atoms with E-state index in [1.807, 2.05) is 18.7 Å². The highest BCUT2D eigenvalue weighted by molar-refractivity contribution is 7.89. The maximum absolute atomic E-state index is 13.0. The minimum atomic E-state index is -3.53. The van der Waals surface area contributed by atoms with Crippen molar-refractivity contribution in [3.8, 4) is 0 Å². The molecule has 4 rings (SSSR count). The summed E-state index contributed by atoms with van der Waals surface area (Å²) in [4.78, 5) is 22.2. The average molecular weight is 487 g/mol. The van der Waals surface area contributed by atoms with Gasteiger partial charge in [-0.3, -0.25) is 4.79 Å². The minimum absolute atomic E-state index is 0.0720. The van der Waals surface area contributed by atoms with E-state index in [0.717, 1.165) is 23.7 Å². The summed E-state index contributed by atoms with van der Waals surface area (Å²) < 4.78 is 27.9. The quantitative estimate of drug-likeness (QED) is 0.528. The Labute approximate surface area is 199 Å². The number of aromatic nitrogens is 1. The fourth-order valence-electron chi connectivity index (χ4n) is 4.12. The maximum atomic E-state index is 13.0. The number of anilines is 1. The molecule has 9 heteroatoms. The van der Waals surface area contributed by atoms with Crippen LogP contribution < -0.4 is 4.90 Å². The van der Waals surface area contributed by atoms with Gasteiger partial charge in [0.1, 0.15) is 0 Å². The number of hydrogen-bond acceptors (Lipinski definition) is 6. The first-order chi connectivity index (χ1) is 15.8. The second kappa shape index (κ2) is 9.40. The molecule has 7 nitrogen and oxygen atoms in total.